The Morgan fingerprint density at radius 1 is 1.12 bits per heavy atom. The monoisotopic (exact) mass is 350 g/mol. The average molecular weight is 350 g/mol. The van der Waals surface area contributed by atoms with Crippen molar-refractivity contribution in [2.45, 2.75) is 38.2 Å². The zero-order valence-electron chi connectivity index (χ0n) is 15.1. The van der Waals surface area contributed by atoms with E-state index in [-0.39, 0.29) is 12.0 Å². The van der Waals surface area contributed by atoms with Crippen molar-refractivity contribution in [1.82, 2.24) is 9.88 Å². The molecule has 1 aromatic heterocycles. The fourth-order valence-corrected chi connectivity index (χ4v) is 3.98. The predicted molar refractivity (Wildman–Crippen MR) is 101 cm³/mol. The molecule has 0 bridgehead atoms. The van der Waals surface area contributed by atoms with Gasteiger partial charge in [0.25, 0.3) is 0 Å². The largest absolute Gasteiger partial charge is 0.488 e. The van der Waals surface area contributed by atoms with Crippen LogP contribution in [-0.2, 0) is 11.2 Å². The van der Waals surface area contributed by atoms with E-state index in [9.17, 15) is 4.79 Å². The van der Waals surface area contributed by atoms with Gasteiger partial charge >= 0.3 is 0 Å². The van der Waals surface area contributed by atoms with E-state index in [1.54, 1.807) is 12.4 Å². The van der Waals surface area contributed by atoms with Gasteiger partial charge in [0.15, 0.2) is 0 Å². The van der Waals surface area contributed by atoms with Crippen molar-refractivity contribution in [3.05, 3.63) is 60.4 Å². The van der Waals surface area contributed by atoms with Crippen molar-refractivity contribution in [2.75, 3.05) is 13.1 Å². The molecule has 2 atom stereocenters. The quantitative estimate of drug-likeness (QED) is 0.825. The number of rotatable bonds is 5. The first-order valence-electron chi connectivity index (χ1n) is 9.69. The van der Waals surface area contributed by atoms with Gasteiger partial charge in [-0.3, -0.25) is 9.78 Å². The Labute approximate surface area is 155 Å². The standard InChI is InChI=1S/C22H26N2O2/c25-22(18-8-4-9-18)24-13-11-21(26-20-10-5-12-23-15-20)19(16-24)14-17-6-2-1-3-7-17/h1-3,5-7,10,12,15,18-19,21H,4,8-9,11,13-14,16H2/t19-,21-/m1/s1. The first kappa shape index (κ1) is 17.1. The molecule has 4 nitrogen and oxygen atoms in total. The summed E-state index contributed by atoms with van der Waals surface area (Å²) in [4.78, 5) is 19.0. The van der Waals surface area contributed by atoms with Crippen LogP contribution < -0.4 is 4.74 Å². The molecule has 1 aromatic carbocycles. The zero-order chi connectivity index (χ0) is 17.8. The molecule has 4 heteroatoms. The summed E-state index contributed by atoms with van der Waals surface area (Å²) in [5, 5.41) is 0. The highest BCUT2D eigenvalue weighted by atomic mass is 16.5. The van der Waals surface area contributed by atoms with E-state index in [2.05, 4.69) is 34.1 Å². The van der Waals surface area contributed by atoms with Gasteiger partial charge in [0.05, 0.1) is 6.20 Å². The maximum absolute atomic E-state index is 12.7. The predicted octanol–water partition coefficient (Wildman–Crippen LogP) is 3.72. The molecule has 4 rings (SSSR count). The molecule has 26 heavy (non-hydrogen) atoms. The highest BCUT2D eigenvalue weighted by Gasteiger charge is 2.36. The second-order valence-electron chi connectivity index (χ2n) is 7.50. The number of piperidine rings is 1. The highest BCUT2D eigenvalue weighted by Crippen LogP contribution is 2.32. The third kappa shape index (κ3) is 3.90. The SMILES string of the molecule is O=C(C1CCC1)N1CC[C@@H](Oc2cccnc2)[C@H](Cc2ccccc2)C1. The lowest BCUT2D eigenvalue weighted by Crippen LogP contribution is -2.51. The number of carbonyl (C=O) groups excluding carboxylic acids is 1. The molecule has 2 aromatic rings. The normalized spacial score (nSPS) is 23.3. The van der Waals surface area contributed by atoms with Crippen LogP contribution in [0.15, 0.2) is 54.9 Å². The number of carbonyl (C=O) groups is 1. The first-order chi connectivity index (χ1) is 12.8. The second kappa shape index (κ2) is 7.90. The molecule has 1 aliphatic heterocycles. The Morgan fingerprint density at radius 3 is 2.65 bits per heavy atom. The number of amides is 1. The summed E-state index contributed by atoms with van der Waals surface area (Å²) in [7, 11) is 0. The summed E-state index contributed by atoms with van der Waals surface area (Å²) in [5.74, 6) is 1.74. The minimum Gasteiger partial charge on any atom is -0.488 e. The van der Waals surface area contributed by atoms with Crippen LogP contribution in [0.4, 0.5) is 0 Å². The van der Waals surface area contributed by atoms with Crippen LogP contribution in [0.1, 0.15) is 31.2 Å². The Hall–Kier alpha value is -2.36. The summed E-state index contributed by atoms with van der Waals surface area (Å²) < 4.78 is 6.27. The minimum atomic E-state index is 0.116. The first-order valence-corrected chi connectivity index (χ1v) is 9.69. The molecule has 136 valence electrons. The van der Waals surface area contributed by atoms with Crippen molar-refractivity contribution in [1.29, 1.82) is 0 Å². The third-order valence-corrected chi connectivity index (χ3v) is 5.69. The van der Waals surface area contributed by atoms with Gasteiger partial charge in [-0.2, -0.15) is 0 Å². The molecule has 1 aliphatic carbocycles. The van der Waals surface area contributed by atoms with Gasteiger partial charge in [-0.15, -0.1) is 0 Å². The molecule has 1 saturated carbocycles. The van der Waals surface area contributed by atoms with Crippen LogP contribution >= 0.6 is 0 Å². The van der Waals surface area contributed by atoms with Gasteiger partial charge in [-0.25, -0.2) is 0 Å². The number of aromatic nitrogens is 1. The highest BCUT2D eigenvalue weighted by molar-refractivity contribution is 5.79. The van der Waals surface area contributed by atoms with Crippen molar-refractivity contribution < 1.29 is 9.53 Å². The lowest BCUT2D eigenvalue weighted by Gasteiger charge is -2.41. The van der Waals surface area contributed by atoms with Gasteiger partial charge in [0.2, 0.25) is 5.91 Å². The van der Waals surface area contributed by atoms with E-state index < -0.39 is 0 Å². The van der Waals surface area contributed by atoms with E-state index in [4.69, 9.17) is 4.74 Å². The van der Waals surface area contributed by atoms with E-state index in [0.717, 1.165) is 44.5 Å². The number of likely N-dealkylation sites (tertiary alicyclic amines) is 1. The number of hydrogen-bond acceptors (Lipinski definition) is 3. The topological polar surface area (TPSA) is 42.4 Å². The number of pyridine rings is 1. The zero-order valence-corrected chi connectivity index (χ0v) is 15.1. The molecule has 0 unspecified atom stereocenters. The molecule has 1 saturated heterocycles. The summed E-state index contributed by atoms with van der Waals surface area (Å²) in [5.41, 5.74) is 1.30. The third-order valence-electron chi connectivity index (χ3n) is 5.69. The summed E-state index contributed by atoms with van der Waals surface area (Å²) in [6, 6.07) is 14.4. The van der Waals surface area contributed by atoms with Crippen molar-refractivity contribution >= 4 is 5.91 Å². The Morgan fingerprint density at radius 2 is 1.96 bits per heavy atom. The lowest BCUT2D eigenvalue weighted by molar-refractivity contribution is -0.141. The van der Waals surface area contributed by atoms with Crippen molar-refractivity contribution in [3.8, 4) is 5.75 Å². The van der Waals surface area contributed by atoms with Crippen LogP contribution in [0.2, 0.25) is 0 Å². The Balaban J connectivity index is 1.48. The second-order valence-corrected chi connectivity index (χ2v) is 7.50. The van der Waals surface area contributed by atoms with Gasteiger partial charge < -0.3 is 9.64 Å². The van der Waals surface area contributed by atoms with E-state index in [1.807, 2.05) is 18.2 Å². The van der Waals surface area contributed by atoms with E-state index >= 15 is 0 Å². The van der Waals surface area contributed by atoms with E-state index in [1.165, 1.54) is 12.0 Å². The Bertz CT molecular complexity index is 715. The Kier molecular flexibility index (Phi) is 5.19. The number of hydrogen-bond donors (Lipinski definition) is 0. The molecule has 0 radical (unpaired) electrons. The fourth-order valence-electron chi connectivity index (χ4n) is 3.98. The molecular weight excluding hydrogens is 324 g/mol. The van der Waals surface area contributed by atoms with Crippen LogP contribution in [0.3, 0.4) is 0 Å². The molecule has 2 aliphatic rings. The fraction of sp³-hybridized carbons (Fsp3) is 0.455. The van der Waals surface area contributed by atoms with Gasteiger partial charge in [-0.05, 0) is 37.0 Å². The molecule has 2 heterocycles. The maximum atomic E-state index is 12.7. The van der Waals surface area contributed by atoms with Crippen molar-refractivity contribution in [2.24, 2.45) is 11.8 Å². The number of ether oxygens (including phenoxy) is 1. The molecule has 2 fully saturated rings. The molecular formula is C22H26N2O2. The molecule has 0 spiro atoms. The van der Waals surface area contributed by atoms with E-state index in [0.29, 0.717) is 11.8 Å². The van der Waals surface area contributed by atoms with Crippen LogP contribution in [0, 0.1) is 11.8 Å². The van der Waals surface area contributed by atoms with Crippen LogP contribution in [0.5, 0.6) is 5.75 Å². The summed E-state index contributed by atoms with van der Waals surface area (Å²) in [6.07, 6.45) is 8.78. The minimum absolute atomic E-state index is 0.116. The summed E-state index contributed by atoms with van der Waals surface area (Å²) in [6.45, 7) is 1.58. The van der Waals surface area contributed by atoms with Crippen LogP contribution in [-0.4, -0.2) is 35.0 Å². The number of nitrogens with zero attached hydrogens (tertiary/aromatic N) is 2. The van der Waals surface area contributed by atoms with Gasteiger partial charge in [-0.1, -0.05) is 36.8 Å². The summed E-state index contributed by atoms with van der Waals surface area (Å²) >= 11 is 0. The van der Waals surface area contributed by atoms with Crippen molar-refractivity contribution in [3.63, 3.8) is 0 Å². The lowest BCUT2D eigenvalue weighted by atomic mass is 9.82. The number of benzene rings is 1. The van der Waals surface area contributed by atoms with Gasteiger partial charge in [0.1, 0.15) is 11.9 Å². The maximum Gasteiger partial charge on any atom is 0.225 e. The molecule has 1 amide bonds. The average Bonchev–Trinajstić information content (AvgIpc) is 2.63. The van der Waals surface area contributed by atoms with Crippen LogP contribution in [0.25, 0.3) is 0 Å². The smallest absolute Gasteiger partial charge is 0.225 e. The van der Waals surface area contributed by atoms with Gasteiger partial charge in [0, 0.05) is 37.5 Å². The molecule has 0 N–H and O–H groups in total.